The van der Waals surface area contributed by atoms with Crippen LogP contribution in [0.25, 0.3) is 77.9 Å². The summed E-state index contributed by atoms with van der Waals surface area (Å²) in [5.41, 5.74) is 14.3. The van der Waals surface area contributed by atoms with Gasteiger partial charge in [0.15, 0.2) is 5.58 Å². The lowest BCUT2D eigenvalue weighted by molar-refractivity contribution is 0.622. The summed E-state index contributed by atoms with van der Waals surface area (Å²) in [6.45, 7) is 0. The second-order valence-corrected chi connectivity index (χ2v) is 13.2. The first-order valence-electron chi connectivity index (χ1n) is 17.8. The maximum absolute atomic E-state index is 6.39. The monoisotopic (exact) mass is 680 g/mol. The molecule has 10 aromatic rings. The molecule has 0 amide bonds. The highest BCUT2D eigenvalue weighted by Crippen LogP contribution is 2.40. The Labute approximate surface area is 306 Å². The molecule has 0 atom stereocenters. The first kappa shape index (κ1) is 30.6. The molecule has 0 bridgehead atoms. The summed E-state index contributed by atoms with van der Waals surface area (Å²) in [7, 11) is 0. The molecule has 0 N–H and O–H groups in total. The van der Waals surface area contributed by atoms with Crippen LogP contribution in [0.4, 0.5) is 17.1 Å². The largest absolute Gasteiger partial charge is 0.456 e. The van der Waals surface area contributed by atoms with Gasteiger partial charge in [-0.05, 0) is 106 Å². The summed E-state index contributed by atoms with van der Waals surface area (Å²) < 4.78 is 12.7. The van der Waals surface area contributed by atoms with E-state index in [2.05, 4.69) is 150 Å². The highest BCUT2D eigenvalue weighted by molar-refractivity contribution is 6.17. The summed E-state index contributed by atoms with van der Waals surface area (Å²) >= 11 is 0. The van der Waals surface area contributed by atoms with Crippen LogP contribution >= 0.6 is 0 Å². The number of para-hydroxylation sites is 1. The molecule has 2 aromatic heterocycles. The predicted molar refractivity (Wildman–Crippen MR) is 218 cm³/mol. The normalized spacial score (nSPS) is 11.4. The van der Waals surface area contributed by atoms with Gasteiger partial charge in [-0.15, -0.1) is 0 Å². The minimum Gasteiger partial charge on any atom is -0.456 e. The molecule has 0 aliphatic rings. The van der Waals surface area contributed by atoms with Crippen molar-refractivity contribution in [3.63, 3.8) is 0 Å². The molecule has 0 spiro atoms. The fraction of sp³-hybridized carbons (Fsp3) is 0. The van der Waals surface area contributed by atoms with Crippen LogP contribution < -0.4 is 4.90 Å². The lowest BCUT2D eigenvalue weighted by atomic mass is 9.99. The highest BCUT2D eigenvalue weighted by Gasteiger charge is 2.18. The molecule has 250 valence electrons. The van der Waals surface area contributed by atoms with Gasteiger partial charge in [0.05, 0.1) is 5.39 Å². The number of furan rings is 1. The third kappa shape index (κ3) is 5.63. The summed E-state index contributed by atoms with van der Waals surface area (Å²) in [6.07, 6.45) is 0. The second kappa shape index (κ2) is 12.9. The molecule has 0 aliphatic carbocycles. The van der Waals surface area contributed by atoms with Crippen LogP contribution in [-0.2, 0) is 0 Å². The number of oxazole rings is 1. The van der Waals surface area contributed by atoms with Gasteiger partial charge in [0.2, 0.25) is 5.89 Å². The molecule has 4 heteroatoms. The van der Waals surface area contributed by atoms with Gasteiger partial charge in [-0.1, -0.05) is 121 Å². The van der Waals surface area contributed by atoms with Crippen LogP contribution in [0.5, 0.6) is 0 Å². The van der Waals surface area contributed by atoms with E-state index >= 15 is 0 Å². The molecule has 2 heterocycles. The van der Waals surface area contributed by atoms with E-state index in [0.717, 1.165) is 72.4 Å². The third-order valence-electron chi connectivity index (χ3n) is 9.91. The molecule has 10 rings (SSSR count). The Bertz CT molecular complexity index is 2860. The van der Waals surface area contributed by atoms with Crippen molar-refractivity contribution < 1.29 is 8.83 Å². The van der Waals surface area contributed by atoms with Gasteiger partial charge in [0.25, 0.3) is 0 Å². The first-order valence-corrected chi connectivity index (χ1v) is 17.8. The first-order chi connectivity index (χ1) is 26.2. The minimum absolute atomic E-state index is 0.601. The minimum atomic E-state index is 0.601. The van der Waals surface area contributed by atoms with Crippen molar-refractivity contribution in [1.29, 1.82) is 0 Å². The number of anilines is 3. The molecular weight excluding hydrogens is 649 g/mol. The fourth-order valence-electron chi connectivity index (χ4n) is 7.27. The summed E-state index contributed by atoms with van der Waals surface area (Å²) in [4.78, 5) is 7.11. The molecule has 53 heavy (non-hydrogen) atoms. The number of aromatic nitrogens is 1. The van der Waals surface area contributed by atoms with Crippen molar-refractivity contribution in [3.8, 4) is 44.8 Å². The molecule has 0 radical (unpaired) electrons. The Balaban J connectivity index is 1.01. The van der Waals surface area contributed by atoms with Gasteiger partial charge in [0.1, 0.15) is 16.7 Å². The number of hydrogen-bond donors (Lipinski definition) is 0. The molecule has 0 aliphatic heterocycles. The van der Waals surface area contributed by atoms with Crippen molar-refractivity contribution in [1.82, 2.24) is 4.98 Å². The summed E-state index contributed by atoms with van der Waals surface area (Å²) in [6, 6.07) is 67.7. The quantitative estimate of drug-likeness (QED) is 0.168. The summed E-state index contributed by atoms with van der Waals surface area (Å²) in [5.74, 6) is 0.601. The lowest BCUT2D eigenvalue weighted by Gasteiger charge is -2.26. The van der Waals surface area contributed by atoms with Gasteiger partial charge in [-0.25, -0.2) is 4.98 Å². The van der Waals surface area contributed by atoms with Gasteiger partial charge < -0.3 is 13.7 Å². The Morgan fingerprint density at radius 1 is 0.358 bits per heavy atom. The molecule has 0 saturated heterocycles. The Hall–Kier alpha value is -7.17. The molecule has 0 unspecified atom stereocenters. The van der Waals surface area contributed by atoms with E-state index in [1.54, 1.807) is 0 Å². The fourth-order valence-corrected chi connectivity index (χ4v) is 7.27. The van der Waals surface area contributed by atoms with E-state index in [-0.39, 0.29) is 0 Å². The maximum Gasteiger partial charge on any atom is 0.227 e. The predicted octanol–water partition coefficient (Wildman–Crippen LogP) is 13.9. The van der Waals surface area contributed by atoms with Gasteiger partial charge in [-0.2, -0.15) is 0 Å². The van der Waals surface area contributed by atoms with E-state index in [4.69, 9.17) is 13.8 Å². The number of fused-ring (bicyclic) bond motifs is 5. The van der Waals surface area contributed by atoms with Crippen molar-refractivity contribution >= 4 is 50.1 Å². The van der Waals surface area contributed by atoms with E-state index < -0.39 is 0 Å². The van der Waals surface area contributed by atoms with Crippen molar-refractivity contribution in [2.24, 2.45) is 0 Å². The lowest BCUT2D eigenvalue weighted by Crippen LogP contribution is -2.09. The molecule has 0 saturated carbocycles. The van der Waals surface area contributed by atoms with Crippen LogP contribution in [0.15, 0.2) is 203 Å². The van der Waals surface area contributed by atoms with Crippen LogP contribution in [-0.4, -0.2) is 4.98 Å². The third-order valence-corrected chi connectivity index (χ3v) is 9.91. The van der Waals surface area contributed by atoms with Crippen molar-refractivity contribution in [2.75, 3.05) is 4.90 Å². The van der Waals surface area contributed by atoms with E-state index in [9.17, 15) is 0 Å². The molecule has 8 aromatic carbocycles. The zero-order chi connectivity index (χ0) is 35.1. The van der Waals surface area contributed by atoms with Gasteiger partial charge in [-0.3, -0.25) is 0 Å². The maximum atomic E-state index is 6.39. The smallest absolute Gasteiger partial charge is 0.227 e. The number of rotatable bonds is 7. The average Bonchev–Trinajstić information content (AvgIpc) is 3.84. The van der Waals surface area contributed by atoms with Gasteiger partial charge >= 0.3 is 0 Å². The zero-order valence-corrected chi connectivity index (χ0v) is 28.7. The van der Waals surface area contributed by atoms with Crippen LogP contribution in [0, 0.1) is 0 Å². The average molecular weight is 681 g/mol. The number of hydrogen-bond acceptors (Lipinski definition) is 4. The summed E-state index contributed by atoms with van der Waals surface area (Å²) in [5, 5.41) is 1.94. The molecule has 0 fully saturated rings. The van der Waals surface area contributed by atoms with E-state index in [1.807, 2.05) is 48.5 Å². The molecule has 4 nitrogen and oxygen atoms in total. The van der Waals surface area contributed by atoms with Crippen molar-refractivity contribution in [3.05, 3.63) is 194 Å². The highest BCUT2D eigenvalue weighted by atomic mass is 16.4. The number of benzene rings is 8. The SMILES string of the molecule is c1ccc(-c2ccc(-c3cccc(N(c4ccccc4)c4ccc(-c5ccc6oc7ccc8nc(-c9ccccc9)oc8c7c6c5)cc4)c3)cc2)cc1. The second-order valence-electron chi connectivity index (χ2n) is 13.2. The van der Waals surface area contributed by atoms with Crippen LogP contribution in [0.3, 0.4) is 0 Å². The molecular formula is C49H32N2O2. The Kier molecular flexibility index (Phi) is 7.43. The van der Waals surface area contributed by atoms with Gasteiger partial charge in [0, 0.05) is 28.0 Å². The van der Waals surface area contributed by atoms with Crippen LogP contribution in [0.2, 0.25) is 0 Å². The number of nitrogens with zero attached hydrogens (tertiary/aromatic N) is 2. The van der Waals surface area contributed by atoms with E-state index in [0.29, 0.717) is 5.89 Å². The van der Waals surface area contributed by atoms with Crippen LogP contribution in [0.1, 0.15) is 0 Å². The standard InChI is InChI=1S/C49H32N2O2/c1-4-11-33(12-5-1)34-19-21-35(22-20-34)38-15-10-18-42(31-38)51(40-16-8-3-9-17-40)41-26-23-36(24-27-41)39-25-29-45-43(32-39)47-46(52-45)30-28-44-48(47)53-49(50-44)37-13-6-2-7-14-37/h1-32H. The Morgan fingerprint density at radius 3 is 1.58 bits per heavy atom. The van der Waals surface area contributed by atoms with Crippen molar-refractivity contribution in [2.45, 2.75) is 0 Å². The zero-order valence-electron chi connectivity index (χ0n) is 28.7. The Morgan fingerprint density at radius 2 is 0.868 bits per heavy atom. The van der Waals surface area contributed by atoms with E-state index in [1.165, 1.54) is 16.7 Å². The topological polar surface area (TPSA) is 42.4 Å².